The number of benzene rings is 1. The molecule has 2 fully saturated rings. The predicted molar refractivity (Wildman–Crippen MR) is 103 cm³/mol. The summed E-state index contributed by atoms with van der Waals surface area (Å²) in [6.07, 6.45) is 7.62. The van der Waals surface area contributed by atoms with Crippen LogP contribution in [0.2, 0.25) is 0 Å². The van der Waals surface area contributed by atoms with Crippen molar-refractivity contribution in [2.75, 3.05) is 32.0 Å². The van der Waals surface area contributed by atoms with Crippen LogP contribution in [0.15, 0.2) is 29.3 Å². The van der Waals surface area contributed by atoms with Crippen molar-refractivity contribution in [3.8, 4) is 0 Å². The Morgan fingerprint density at radius 2 is 2.08 bits per heavy atom. The van der Waals surface area contributed by atoms with Gasteiger partial charge in [0.25, 0.3) is 0 Å². The number of rotatable bonds is 4. The number of aliphatic imine (C=N–C) groups is 1. The highest BCUT2D eigenvalue weighted by atomic mass is 16.1. The molecule has 1 heterocycles. The van der Waals surface area contributed by atoms with Crippen molar-refractivity contribution in [3.63, 3.8) is 0 Å². The van der Waals surface area contributed by atoms with Gasteiger partial charge in [-0.15, -0.1) is 0 Å². The molecule has 1 aliphatic carbocycles. The summed E-state index contributed by atoms with van der Waals surface area (Å²) in [5.41, 5.74) is 2.58. The Bertz CT molecular complexity index is 634. The average Bonchev–Trinajstić information content (AvgIpc) is 3.26. The van der Waals surface area contributed by atoms with Gasteiger partial charge in [0, 0.05) is 25.8 Å². The van der Waals surface area contributed by atoms with Crippen molar-refractivity contribution in [2.45, 2.75) is 45.4 Å². The highest BCUT2D eigenvalue weighted by molar-refractivity contribution is 5.95. The van der Waals surface area contributed by atoms with Crippen LogP contribution >= 0.6 is 0 Å². The highest BCUT2D eigenvalue weighted by Gasteiger charge is 2.41. The number of carbonyl (C=O) groups is 1. The molecule has 2 N–H and O–H groups in total. The smallest absolute Gasteiger partial charge is 0.243 e. The minimum Gasteiger partial charge on any atom is -0.347 e. The second-order valence-corrected chi connectivity index (χ2v) is 7.38. The Labute approximate surface area is 150 Å². The molecular weight excluding hydrogens is 312 g/mol. The minimum atomic E-state index is -0.0378. The lowest BCUT2D eigenvalue weighted by atomic mass is 9.86. The van der Waals surface area contributed by atoms with Crippen LogP contribution in [0.25, 0.3) is 0 Å². The first-order valence-corrected chi connectivity index (χ1v) is 9.48. The number of anilines is 1. The molecule has 2 aliphatic rings. The third-order valence-electron chi connectivity index (χ3n) is 5.64. The molecule has 0 unspecified atom stereocenters. The van der Waals surface area contributed by atoms with Crippen LogP contribution < -0.4 is 10.6 Å². The SMILES string of the molecule is CCc1cccc(NC(=O)CNC(=NC)N2CCC3(CCCC3)C2)c1. The number of nitrogens with zero attached hydrogens (tertiary/aromatic N) is 2. The third kappa shape index (κ3) is 4.33. The predicted octanol–water partition coefficient (Wildman–Crippen LogP) is 3.03. The number of hydrogen-bond donors (Lipinski definition) is 2. The molecule has 1 aromatic carbocycles. The Kier molecular flexibility index (Phi) is 5.61. The first-order valence-electron chi connectivity index (χ1n) is 9.48. The van der Waals surface area contributed by atoms with E-state index < -0.39 is 0 Å². The quantitative estimate of drug-likeness (QED) is 0.653. The number of carbonyl (C=O) groups excluding carboxylic acids is 1. The largest absolute Gasteiger partial charge is 0.347 e. The van der Waals surface area contributed by atoms with Gasteiger partial charge in [-0.05, 0) is 48.8 Å². The lowest BCUT2D eigenvalue weighted by Crippen LogP contribution is -2.44. The van der Waals surface area contributed by atoms with E-state index in [9.17, 15) is 4.79 Å². The van der Waals surface area contributed by atoms with Gasteiger partial charge in [0.2, 0.25) is 5.91 Å². The minimum absolute atomic E-state index is 0.0378. The van der Waals surface area contributed by atoms with E-state index in [4.69, 9.17) is 0 Å². The summed E-state index contributed by atoms with van der Waals surface area (Å²) in [7, 11) is 1.80. The molecule has 5 nitrogen and oxygen atoms in total. The van der Waals surface area contributed by atoms with Crippen molar-refractivity contribution in [3.05, 3.63) is 29.8 Å². The first-order chi connectivity index (χ1) is 12.1. The van der Waals surface area contributed by atoms with E-state index in [0.717, 1.165) is 31.2 Å². The summed E-state index contributed by atoms with van der Waals surface area (Å²) in [4.78, 5) is 18.9. The fraction of sp³-hybridized carbons (Fsp3) is 0.600. The summed E-state index contributed by atoms with van der Waals surface area (Å²) in [6, 6.07) is 8.00. The molecule has 1 spiro atoms. The number of aryl methyl sites for hydroxylation is 1. The van der Waals surface area contributed by atoms with Crippen molar-refractivity contribution >= 4 is 17.6 Å². The second kappa shape index (κ2) is 7.89. The maximum Gasteiger partial charge on any atom is 0.243 e. The molecule has 0 atom stereocenters. The lowest BCUT2D eigenvalue weighted by Gasteiger charge is -2.25. The summed E-state index contributed by atoms with van der Waals surface area (Å²) < 4.78 is 0. The highest BCUT2D eigenvalue weighted by Crippen LogP contribution is 2.45. The van der Waals surface area contributed by atoms with E-state index in [-0.39, 0.29) is 12.5 Å². The molecule has 25 heavy (non-hydrogen) atoms. The first kappa shape index (κ1) is 17.8. The summed E-state index contributed by atoms with van der Waals surface area (Å²) in [6.45, 7) is 4.47. The summed E-state index contributed by atoms with van der Waals surface area (Å²) in [5, 5.41) is 6.19. The number of guanidine groups is 1. The van der Waals surface area contributed by atoms with Crippen LogP contribution in [-0.4, -0.2) is 43.4 Å². The maximum absolute atomic E-state index is 12.2. The zero-order valence-electron chi connectivity index (χ0n) is 15.5. The molecule has 0 bridgehead atoms. The lowest BCUT2D eigenvalue weighted by molar-refractivity contribution is -0.115. The number of amides is 1. The molecule has 1 saturated carbocycles. The van der Waals surface area contributed by atoms with Gasteiger partial charge in [-0.3, -0.25) is 9.79 Å². The van der Waals surface area contributed by atoms with Crippen LogP contribution in [-0.2, 0) is 11.2 Å². The van der Waals surface area contributed by atoms with Crippen LogP contribution in [0.3, 0.4) is 0 Å². The van der Waals surface area contributed by atoms with E-state index in [2.05, 4.69) is 33.5 Å². The van der Waals surface area contributed by atoms with Gasteiger partial charge in [-0.2, -0.15) is 0 Å². The molecule has 3 rings (SSSR count). The third-order valence-corrected chi connectivity index (χ3v) is 5.64. The maximum atomic E-state index is 12.2. The molecule has 1 saturated heterocycles. The van der Waals surface area contributed by atoms with Crippen LogP contribution in [0, 0.1) is 5.41 Å². The molecule has 136 valence electrons. The molecule has 5 heteroatoms. The van der Waals surface area contributed by atoms with Crippen molar-refractivity contribution in [1.82, 2.24) is 10.2 Å². The van der Waals surface area contributed by atoms with Gasteiger partial charge >= 0.3 is 0 Å². The number of hydrogen-bond acceptors (Lipinski definition) is 2. The molecule has 0 radical (unpaired) electrons. The normalized spacial score (nSPS) is 19.4. The number of nitrogens with one attached hydrogen (secondary N) is 2. The van der Waals surface area contributed by atoms with E-state index >= 15 is 0 Å². The van der Waals surface area contributed by atoms with Gasteiger partial charge in [-0.1, -0.05) is 31.9 Å². The molecule has 1 aliphatic heterocycles. The Hall–Kier alpha value is -2.04. The average molecular weight is 342 g/mol. The van der Waals surface area contributed by atoms with E-state index in [1.165, 1.54) is 37.7 Å². The van der Waals surface area contributed by atoms with Gasteiger partial charge in [0.15, 0.2) is 5.96 Å². The fourth-order valence-electron chi connectivity index (χ4n) is 4.21. The molecule has 0 aromatic heterocycles. The van der Waals surface area contributed by atoms with Crippen LogP contribution in [0.4, 0.5) is 5.69 Å². The van der Waals surface area contributed by atoms with Crippen molar-refractivity contribution < 1.29 is 4.79 Å². The second-order valence-electron chi connectivity index (χ2n) is 7.38. The topological polar surface area (TPSA) is 56.7 Å². The van der Waals surface area contributed by atoms with Crippen LogP contribution in [0.1, 0.15) is 44.6 Å². The summed E-state index contributed by atoms with van der Waals surface area (Å²) in [5.74, 6) is 0.811. The standard InChI is InChI=1S/C20H30N4O/c1-3-16-7-6-8-17(13-16)23-18(25)14-22-19(21-2)24-12-11-20(15-24)9-4-5-10-20/h6-8,13H,3-5,9-12,14-15H2,1-2H3,(H,21,22)(H,23,25). The fourth-order valence-corrected chi connectivity index (χ4v) is 4.21. The molecular formula is C20H30N4O. The Morgan fingerprint density at radius 1 is 1.28 bits per heavy atom. The van der Waals surface area contributed by atoms with Gasteiger partial charge in [0.05, 0.1) is 6.54 Å². The van der Waals surface area contributed by atoms with Crippen molar-refractivity contribution in [1.29, 1.82) is 0 Å². The summed E-state index contributed by atoms with van der Waals surface area (Å²) >= 11 is 0. The molecule has 1 amide bonds. The van der Waals surface area contributed by atoms with E-state index in [1.54, 1.807) is 7.05 Å². The van der Waals surface area contributed by atoms with E-state index in [0.29, 0.717) is 5.41 Å². The zero-order chi connectivity index (χ0) is 17.7. The zero-order valence-corrected chi connectivity index (χ0v) is 15.5. The Balaban J connectivity index is 1.50. The van der Waals surface area contributed by atoms with Crippen molar-refractivity contribution in [2.24, 2.45) is 10.4 Å². The van der Waals surface area contributed by atoms with Gasteiger partial charge in [0.1, 0.15) is 0 Å². The van der Waals surface area contributed by atoms with Gasteiger partial charge in [-0.25, -0.2) is 0 Å². The van der Waals surface area contributed by atoms with Crippen LogP contribution in [0.5, 0.6) is 0 Å². The van der Waals surface area contributed by atoms with Gasteiger partial charge < -0.3 is 15.5 Å². The van der Waals surface area contributed by atoms with E-state index in [1.807, 2.05) is 18.2 Å². The monoisotopic (exact) mass is 342 g/mol. The number of likely N-dealkylation sites (tertiary alicyclic amines) is 1. The molecule has 1 aromatic rings. The Morgan fingerprint density at radius 3 is 2.80 bits per heavy atom.